The molecule has 14 heavy (non-hydrogen) atoms. The Hall–Kier alpha value is 0.230. The summed E-state index contributed by atoms with van der Waals surface area (Å²) in [5, 5.41) is 16.3. The third-order valence-electron chi connectivity index (χ3n) is 3.19. The van der Waals surface area contributed by atoms with E-state index in [1.54, 1.807) is 0 Å². The number of nitrogens with one attached hydrogen (secondary N) is 2. The maximum absolute atomic E-state index is 9.59. The second-order valence-electron chi connectivity index (χ2n) is 4.30. The highest BCUT2D eigenvalue weighted by molar-refractivity contribution is 7.99. The summed E-state index contributed by atoms with van der Waals surface area (Å²) in [6.45, 7) is 2.75. The molecule has 0 aromatic heterocycles. The van der Waals surface area contributed by atoms with E-state index >= 15 is 0 Å². The zero-order valence-electron chi connectivity index (χ0n) is 8.54. The average Bonchev–Trinajstić information content (AvgIpc) is 2.63. The molecule has 2 heterocycles. The lowest BCUT2D eigenvalue weighted by atomic mass is 10.0. The van der Waals surface area contributed by atoms with Crippen LogP contribution in [0, 0.1) is 5.92 Å². The van der Waals surface area contributed by atoms with E-state index in [0.29, 0.717) is 0 Å². The van der Waals surface area contributed by atoms with E-state index in [1.807, 2.05) is 0 Å². The van der Waals surface area contributed by atoms with Gasteiger partial charge in [0.05, 0.1) is 6.10 Å². The van der Waals surface area contributed by atoms with Crippen LogP contribution >= 0.6 is 11.8 Å². The van der Waals surface area contributed by atoms with Crippen LogP contribution in [0.15, 0.2) is 0 Å². The molecular formula is C10H20N2OS. The van der Waals surface area contributed by atoms with E-state index in [-0.39, 0.29) is 12.1 Å². The van der Waals surface area contributed by atoms with E-state index < -0.39 is 0 Å². The van der Waals surface area contributed by atoms with Crippen molar-refractivity contribution < 1.29 is 5.11 Å². The first-order chi connectivity index (χ1) is 6.86. The van der Waals surface area contributed by atoms with Gasteiger partial charge in [0.2, 0.25) is 0 Å². The Balaban J connectivity index is 1.65. The van der Waals surface area contributed by atoms with Gasteiger partial charge in [-0.2, -0.15) is 11.8 Å². The molecule has 4 heteroatoms. The first kappa shape index (κ1) is 10.7. The van der Waals surface area contributed by atoms with Gasteiger partial charge in [0.15, 0.2) is 0 Å². The molecule has 0 spiro atoms. The fourth-order valence-electron chi connectivity index (χ4n) is 2.14. The molecule has 2 aliphatic heterocycles. The van der Waals surface area contributed by atoms with Crippen molar-refractivity contribution in [2.45, 2.75) is 25.0 Å². The Kier molecular flexibility index (Phi) is 4.10. The van der Waals surface area contributed by atoms with Gasteiger partial charge in [0.25, 0.3) is 0 Å². The fraction of sp³-hybridized carbons (Fsp3) is 1.00. The van der Waals surface area contributed by atoms with Crippen LogP contribution in [0.5, 0.6) is 0 Å². The van der Waals surface area contributed by atoms with Crippen LogP contribution in [-0.2, 0) is 0 Å². The van der Waals surface area contributed by atoms with Crippen LogP contribution in [0.2, 0.25) is 0 Å². The molecule has 0 aliphatic carbocycles. The van der Waals surface area contributed by atoms with Gasteiger partial charge in [-0.15, -0.1) is 0 Å². The van der Waals surface area contributed by atoms with Crippen LogP contribution in [0.4, 0.5) is 0 Å². The molecule has 0 saturated carbocycles. The van der Waals surface area contributed by atoms with Crippen LogP contribution in [-0.4, -0.2) is 48.4 Å². The van der Waals surface area contributed by atoms with Crippen molar-refractivity contribution in [1.82, 2.24) is 10.6 Å². The lowest BCUT2D eigenvalue weighted by Crippen LogP contribution is -2.42. The highest BCUT2D eigenvalue weighted by Gasteiger charge is 2.25. The van der Waals surface area contributed by atoms with Crippen LogP contribution in [0.3, 0.4) is 0 Å². The fourth-order valence-corrected chi connectivity index (χ4v) is 3.35. The van der Waals surface area contributed by atoms with E-state index in [9.17, 15) is 5.11 Å². The van der Waals surface area contributed by atoms with Crippen LogP contribution < -0.4 is 10.6 Å². The molecule has 0 radical (unpaired) electrons. The standard InChI is InChI=1S/C10H20N2OS/c13-10-7-11-6-9(10)12-5-8-1-3-14-4-2-8/h8-13H,1-7H2/t9-,10-/m1/s1. The predicted molar refractivity (Wildman–Crippen MR) is 60.7 cm³/mol. The zero-order valence-corrected chi connectivity index (χ0v) is 9.35. The summed E-state index contributed by atoms with van der Waals surface area (Å²) in [5.41, 5.74) is 0. The van der Waals surface area contributed by atoms with Crippen molar-refractivity contribution in [3.05, 3.63) is 0 Å². The number of aliphatic hydroxyl groups excluding tert-OH is 1. The largest absolute Gasteiger partial charge is 0.390 e. The zero-order chi connectivity index (χ0) is 9.80. The van der Waals surface area contributed by atoms with Crippen molar-refractivity contribution in [3.8, 4) is 0 Å². The maximum atomic E-state index is 9.59. The normalized spacial score (nSPS) is 34.9. The molecule has 2 aliphatic rings. The van der Waals surface area contributed by atoms with Gasteiger partial charge < -0.3 is 15.7 Å². The summed E-state index contributed by atoms with van der Waals surface area (Å²) in [5.74, 6) is 3.47. The number of hydrogen-bond acceptors (Lipinski definition) is 4. The van der Waals surface area contributed by atoms with E-state index in [1.165, 1.54) is 24.3 Å². The van der Waals surface area contributed by atoms with Gasteiger partial charge in [-0.25, -0.2) is 0 Å². The highest BCUT2D eigenvalue weighted by Crippen LogP contribution is 2.22. The average molecular weight is 216 g/mol. The second kappa shape index (κ2) is 5.35. The first-order valence-corrected chi connectivity index (χ1v) is 6.71. The van der Waals surface area contributed by atoms with Crippen molar-refractivity contribution >= 4 is 11.8 Å². The maximum Gasteiger partial charge on any atom is 0.0829 e. The Morgan fingerprint density at radius 2 is 2.07 bits per heavy atom. The molecular weight excluding hydrogens is 196 g/mol. The number of hydrogen-bond donors (Lipinski definition) is 3. The van der Waals surface area contributed by atoms with E-state index in [0.717, 1.165) is 25.6 Å². The third-order valence-corrected chi connectivity index (χ3v) is 4.24. The van der Waals surface area contributed by atoms with Crippen molar-refractivity contribution in [1.29, 1.82) is 0 Å². The van der Waals surface area contributed by atoms with Gasteiger partial charge in [-0.05, 0) is 36.8 Å². The minimum atomic E-state index is -0.187. The first-order valence-electron chi connectivity index (χ1n) is 5.56. The number of thioether (sulfide) groups is 1. The lowest BCUT2D eigenvalue weighted by molar-refractivity contribution is 0.160. The SMILES string of the molecule is O[C@@H]1CNC[C@H]1NCC1CCSCC1. The van der Waals surface area contributed by atoms with E-state index in [2.05, 4.69) is 22.4 Å². The predicted octanol–water partition coefficient (Wildman–Crippen LogP) is 0.0519. The Bertz CT molecular complexity index is 174. The Morgan fingerprint density at radius 3 is 2.71 bits per heavy atom. The smallest absolute Gasteiger partial charge is 0.0829 e. The van der Waals surface area contributed by atoms with Gasteiger partial charge in [0.1, 0.15) is 0 Å². The van der Waals surface area contributed by atoms with Crippen molar-refractivity contribution in [3.63, 3.8) is 0 Å². The molecule has 3 N–H and O–H groups in total. The minimum Gasteiger partial charge on any atom is -0.390 e. The van der Waals surface area contributed by atoms with Gasteiger partial charge in [0, 0.05) is 19.1 Å². The number of aliphatic hydroxyl groups is 1. The summed E-state index contributed by atoms with van der Waals surface area (Å²) in [4.78, 5) is 0. The quantitative estimate of drug-likeness (QED) is 0.624. The molecule has 2 rings (SSSR count). The molecule has 2 saturated heterocycles. The topological polar surface area (TPSA) is 44.3 Å². The molecule has 0 unspecified atom stereocenters. The summed E-state index contributed by atoms with van der Waals surface area (Å²) < 4.78 is 0. The molecule has 0 amide bonds. The molecule has 2 fully saturated rings. The summed E-state index contributed by atoms with van der Waals surface area (Å²) in [6.07, 6.45) is 2.50. The molecule has 82 valence electrons. The van der Waals surface area contributed by atoms with Gasteiger partial charge >= 0.3 is 0 Å². The molecule has 2 atom stereocenters. The van der Waals surface area contributed by atoms with Gasteiger partial charge in [-0.3, -0.25) is 0 Å². The minimum absolute atomic E-state index is 0.187. The highest BCUT2D eigenvalue weighted by atomic mass is 32.2. The monoisotopic (exact) mass is 216 g/mol. The van der Waals surface area contributed by atoms with Gasteiger partial charge in [-0.1, -0.05) is 0 Å². The summed E-state index contributed by atoms with van der Waals surface area (Å²) in [6, 6.07) is 0.282. The molecule has 0 aromatic rings. The second-order valence-corrected chi connectivity index (χ2v) is 5.52. The van der Waals surface area contributed by atoms with Crippen LogP contribution in [0.25, 0.3) is 0 Å². The molecule has 0 aromatic carbocycles. The van der Waals surface area contributed by atoms with Crippen molar-refractivity contribution in [2.24, 2.45) is 5.92 Å². The molecule has 3 nitrogen and oxygen atoms in total. The summed E-state index contributed by atoms with van der Waals surface area (Å²) in [7, 11) is 0. The van der Waals surface area contributed by atoms with Crippen molar-refractivity contribution in [2.75, 3.05) is 31.1 Å². The number of β-amino-alcohol motifs (C(OH)–C–C–N with tert-alkyl or cyclic N) is 1. The van der Waals surface area contributed by atoms with E-state index in [4.69, 9.17) is 0 Å². The number of rotatable bonds is 3. The molecule has 0 bridgehead atoms. The van der Waals surface area contributed by atoms with Crippen LogP contribution in [0.1, 0.15) is 12.8 Å². The Labute approximate surface area is 90.0 Å². The Morgan fingerprint density at radius 1 is 1.29 bits per heavy atom. The third kappa shape index (κ3) is 2.86. The summed E-state index contributed by atoms with van der Waals surface area (Å²) >= 11 is 2.07. The lowest BCUT2D eigenvalue weighted by Gasteiger charge is -2.24.